The van der Waals surface area contributed by atoms with Crippen LogP contribution < -0.4 is 0 Å². The van der Waals surface area contributed by atoms with Crippen molar-refractivity contribution in [2.75, 3.05) is 57.8 Å². The molecule has 0 saturated carbocycles. The summed E-state index contributed by atoms with van der Waals surface area (Å²) in [4.78, 5) is 0. The molecule has 0 radical (unpaired) electrons. The lowest BCUT2D eigenvalue weighted by molar-refractivity contribution is -0.0597. The Morgan fingerprint density at radius 1 is 0.909 bits per heavy atom. The fourth-order valence-corrected chi connectivity index (χ4v) is 3.75. The van der Waals surface area contributed by atoms with E-state index in [9.17, 15) is 8.42 Å². The van der Waals surface area contributed by atoms with Crippen molar-refractivity contribution < 1.29 is 27.4 Å². The molecular formula is C15H30O6S. The van der Waals surface area contributed by atoms with E-state index in [0.29, 0.717) is 46.1 Å². The predicted octanol–water partition coefficient (Wildman–Crippen LogP) is 1.29. The van der Waals surface area contributed by atoms with E-state index in [0.717, 1.165) is 0 Å². The molecule has 0 bridgehead atoms. The van der Waals surface area contributed by atoms with Crippen LogP contribution in [-0.4, -0.2) is 72.3 Å². The molecule has 0 amide bonds. The molecule has 0 aromatic heterocycles. The summed E-state index contributed by atoms with van der Waals surface area (Å²) >= 11 is 0. The molecule has 22 heavy (non-hydrogen) atoms. The summed E-state index contributed by atoms with van der Waals surface area (Å²) in [5.41, 5.74) is 0.00209. The van der Waals surface area contributed by atoms with Gasteiger partial charge in [0.1, 0.15) is 0 Å². The van der Waals surface area contributed by atoms with E-state index in [4.69, 9.17) is 18.9 Å². The van der Waals surface area contributed by atoms with Gasteiger partial charge in [-0.2, -0.15) is 0 Å². The van der Waals surface area contributed by atoms with Crippen LogP contribution in [0.5, 0.6) is 0 Å². The van der Waals surface area contributed by atoms with Crippen LogP contribution in [0.4, 0.5) is 0 Å². The summed E-state index contributed by atoms with van der Waals surface area (Å²) in [6.45, 7) is 9.13. The Morgan fingerprint density at radius 3 is 2.05 bits per heavy atom. The molecule has 6 nitrogen and oxygen atoms in total. The molecule has 1 rings (SSSR count). The topological polar surface area (TPSA) is 71.1 Å². The molecule has 1 aliphatic heterocycles. The molecular weight excluding hydrogens is 308 g/mol. The fourth-order valence-electron chi connectivity index (χ4n) is 1.90. The van der Waals surface area contributed by atoms with E-state index in [1.807, 2.05) is 20.8 Å². The van der Waals surface area contributed by atoms with Crippen LogP contribution >= 0.6 is 0 Å². The number of hydrogen-bond donors (Lipinski definition) is 0. The summed E-state index contributed by atoms with van der Waals surface area (Å²) in [6.07, 6.45) is 0.188. The fraction of sp³-hybridized carbons (Fsp3) is 1.00. The third-order valence-corrected chi connectivity index (χ3v) is 4.94. The second-order valence-corrected chi connectivity index (χ2v) is 8.95. The monoisotopic (exact) mass is 338 g/mol. The Labute approximate surface area is 134 Å². The van der Waals surface area contributed by atoms with Gasteiger partial charge in [-0.05, 0) is 11.8 Å². The van der Waals surface area contributed by atoms with Gasteiger partial charge in [0, 0.05) is 0 Å². The highest BCUT2D eigenvalue weighted by molar-refractivity contribution is 7.91. The average Bonchev–Trinajstić information content (AvgIpc) is 2.39. The first kappa shape index (κ1) is 19.8. The number of sulfone groups is 1. The zero-order valence-corrected chi connectivity index (χ0v) is 14.8. The van der Waals surface area contributed by atoms with Crippen molar-refractivity contribution in [3.63, 3.8) is 0 Å². The van der Waals surface area contributed by atoms with Crippen molar-refractivity contribution in [2.24, 2.45) is 5.41 Å². The van der Waals surface area contributed by atoms with Gasteiger partial charge in [0.25, 0.3) is 0 Å². The molecule has 0 aromatic carbocycles. The van der Waals surface area contributed by atoms with Gasteiger partial charge in [-0.25, -0.2) is 8.42 Å². The van der Waals surface area contributed by atoms with Crippen LogP contribution in [0.1, 0.15) is 27.2 Å². The first-order valence-electron chi connectivity index (χ1n) is 7.84. The first-order valence-corrected chi connectivity index (χ1v) is 9.66. The van der Waals surface area contributed by atoms with Crippen molar-refractivity contribution in [3.8, 4) is 0 Å². The lowest BCUT2D eigenvalue weighted by Gasteiger charge is -2.21. The van der Waals surface area contributed by atoms with Crippen LogP contribution in [0.2, 0.25) is 0 Å². The summed E-state index contributed by atoms with van der Waals surface area (Å²) in [5, 5.41) is 0. The molecule has 1 heterocycles. The maximum absolute atomic E-state index is 12.2. The van der Waals surface area contributed by atoms with E-state index >= 15 is 0 Å². The maximum atomic E-state index is 12.2. The highest BCUT2D eigenvalue weighted by Crippen LogP contribution is 2.19. The number of hydrogen-bond acceptors (Lipinski definition) is 6. The molecule has 132 valence electrons. The van der Waals surface area contributed by atoms with Crippen molar-refractivity contribution in [1.29, 1.82) is 0 Å². The predicted molar refractivity (Wildman–Crippen MR) is 84.9 cm³/mol. The Hall–Kier alpha value is -0.210. The highest BCUT2D eigenvalue weighted by Gasteiger charge is 2.23. The second kappa shape index (κ2) is 9.82. The van der Waals surface area contributed by atoms with Crippen LogP contribution in [0.25, 0.3) is 0 Å². The van der Waals surface area contributed by atoms with Crippen molar-refractivity contribution >= 4 is 9.84 Å². The smallest absolute Gasteiger partial charge is 0.152 e. The minimum Gasteiger partial charge on any atom is -0.377 e. The highest BCUT2D eigenvalue weighted by atomic mass is 32.2. The molecule has 0 spiro atoms. The van der Waals surface area contributed by atoms with Crippen LogP contribution in [0.15, 0.2) is 0 Å². The first-order chi connectivity index (χ1) is 10.3. The van der Waals surface area contributed by atoms with Crippen LogP contribution in [0, 0.1) is 5.41 Å². The van der Waals surface area contributed by atoms with Crippen LogP contribution in [-0.2, 0) is 28.8 Å². The van der Waals surface area contributed by atoms with E-state index in [1.165, 1.54) is 0 Å². The molecule has 1 fully saturated rings. The molecule has 1 saturated heterocycles. The Morgan fingerprint density at radius 2 is 1.45 bits per heavy atom. The zero-order chi connectivity index (χ0) is 16.5. The molecule has 1 atom stereocenters. The zero-order valence-electron chi connectivity index (χ0n) is 14.0. The summed E-state index contributed by atoms with van der Waals surface area (Å²) in [6, 6.07) is 0. The van der Waals surface area contributed by atoms with Gasteiger partial charge in [-0.15, -0.1) is 0 Å². The second-order valence-electron chi connectivity index (χ2n) is 6.72. The van der Waals surface area contributed by atoms with Gasteiger partial charge in [0.15, 0.2) is 9.84 Å². The standard InChI is InChI=1S/C15H30O6S/c1-15(2,3)4-11-22(16,17)13-14-12-20-8-7-18-5-6-19-9-10-21-14/h14H,4-13H2,1-3H3. The lowest BCUT2D eigenvalue weighted by Crippen LogP contribution is -2.33. The molecule has 0 aromatic rings. The summed E-state index contributed by atoms with van der Waals surface area (Å²) in [7, 11) is -3.16. The largest absolute Gasteiger partial charge is 0.377 e. The van der Waals surface area contributed by atoms with Crippen molar-refractivity contribution in [3.05, 3.63) is 0 Å². The van der Waals surface area contributed by atoms with Crippen molar-refractivity contribution in [2.45, 2.75) is 33.3 Å². The molecule has 1 unspecified atom stereocenters. The van der Waals surface area contributed by atoms with Gasteiger partial charge < -0.3 is 18.9 Å². The van der Waals surface area contributed by atoms with Gasteiger partial charge in [0.2, 0.25) is 0 Å². The van der Waals surface area contributed by atoms with Crippen LogP contribution in [0.3, 0.4) is 0 Å². The Kier molecular flexibility index (Phi) is 8.86. The van der Waals surface area contributed by atoms with E-state index in [-0.39, 0.29) is 23.5 Å². The van der Waals surface area contributed by atoms with Gasteiger partial charge in [0.05, 0.1) is 63.9 Å². The van der Waals surface area contributed by atoms with Gasteiger partial charge in [-0.3, -0.25) is 0 Å². The minimum absolute atomic E-state index is 0.00209. The maximum Gasteiger partial charge on any atom is 0.152 e. The van der Waals surface area contributed by atoms with E-state index in [2.05, 4.69) is 0 Å². The minimum atomic E-state index is -3.16. The summed E-state index contributed by atoms with van der Waals surface area (Å²) < 4.78 is 46.2. The van der Waals surface area contributed by atoms with Crippen molar-refractivity contribution in [1.82, 2.24) is 0 Å². The molecule has 0 aliphatic carbocycles. The average molecular weight is 338 g/mol. The molecule has 7 heteroatoms. The van der Waals surface area contributed by atoms with Gasteiger partial charge >= 0.3 is 0 Å². The number of ether oxygens (including phenoxy) is 4. The summed E-state index contributed by atoms with van der Waals surface area (Å²) in [5.74, 6) is 0.167. The SMILES string of the molecule is CC(C)(C)CCS(=O)(=O)CC1COCCOCCOCCO1. The lowest BCUT2D eigenvalue weighted by atomic mass is 9.94. The Balaban J connectivity index is 2.46. The molecule has 1 aliphatic rings. The van der Waals surface area contributed by atoms with E-state index in [1.54, 1.807) is 0 Å². The van der Waals surface area contributed by atoms with Gasteiger partial charge in [-0.1, -0.05) is 20.8 Å². The normalized spacial score (nSPS) is 23.5. The van der Waals surface area contributed by atoms with E-state index < -0.39 is 15.9 Å². The third-order valence-electron chi connectivity index (χ3n) is 3.23. The Bertz CT molecular complexity index is 375. The third kappa shape index (κ3) is 10.5. The number of rotatable bonds is 4. The molecule has 0 N–H and O–H groups in total. The quantitative estimate of drug-likeness (QED) is 0.769.